The number of aliphatic hydroxyl groups is 1. The van der Waals surface area contributed by atoms with Crippen molar-refractivity contribution in [2.24, 2.45) is 5.92 Å². The molecule has 0 aliphatic carbocycles. The number of anilines is 1. The summed E-state index contributed by atoms with van der Waals surface area (Å²) in [5, 5.41) is 18.6. The van der Waals surface area contributed by atoms with Crippen molar-refractivity contribution >= 4 is 17.4 Å². The zero-order valence-electron chi connectivity index (χ0n) is 10.4. The fourth-order valence-corrected chi connectivity index (χ4v) is 2.58. The predicted molar refractivity (Wildman–Crippen MR) is 69.6 cm³/mol. The molecule has 1 unspecified atom stereocenters. The number of carboxylic acids is 1. The van der Waals surface area contributed by atoms with Gasteiger partial charge < -0.3 is 15.1 Å². The molecule has 0 amide bonds. The lowest BCUT2D eigenvalue weighted by Gasteiger charge is -2.15. The van der Waals surface area contributed by atoms with Gasteiger partial charge in [-0.05, 0) is 18.6 Å². The van der Waals surface area contributed by atoms with Gasteiger partial charge in [0, 0.05) is 31.8 Å². The van der Waals surface area contributed by atoms with Crippen molar-refractivity contribution in [3.8, 4) is 0 Å². The van der Waals surface area contributed by atoms with Gasteiger partial charge in [-0.2, -0.15) is 0 Å². The Balaban J connectivity index is 2.08. The molecule has 19 heavy (non-hydrogen) atoms. The maximum absolute atomic E-state index is 11.5. The highest BCUT2D eigenvalue weighted by Crippen LogP contribution is 2.27. The first kappa shape index (κ1) is 12.0. The highest BCUT2D eigenvalue weighted by molar-refractivity contribution is 5.93. The number of carbonyl (C=O) groups is 1. The van der Waals surface area contributed by atoms with E-state index in [0.29, 0.717) is 18.0 Å². The van der Waals surface area contributed by atoms with Crippen LogP contribution in [0.25, 0.3) is 5.65 Å². The molecule has 2 aromatic heterocycles. The molecule has 1 aliphatic heterocycles. The second-order valence-electron chi connectivity index (χ2n) is 4.80. The van der Waals surface area contributed by atoms with Crippen LogP contribution in [0.1, 0.15) is 16.9 Å². The van der Waals surface area contributed by atoms with Crippen molar-refractivity contribution < 1.29 is 15.0 Å². The maximum atomic E-state index is 11.5. The number of imidazole rings is 1. The van der Waals surface area contributed by atoms with Crippen LogP contribution in [-0.2, 0) is 0 Å². The van der Waals surface area contributed by atoms with Gasteiger partial charge in [-0.3, -0.25) is 4.40 Å². The molecule has 3 heterocycles. The average molecular weight is 261 g/mol. The van der Waals surface area contributed by atoms with E-state index in [1.165, 1.54) is 0 Å². The van der Waals surface area contributed by atoms with E-state index in [1.54, 1.807) is 22.7 Å². The number of fused-ring (bicyclic) bond motifs is 1. The molecule has 6 heteroatoms. The van der Waals surface area contributed by atoms with Crippen LogP contribution in [0, 0.1) is 5.92 Å². The highest BCUT2D eigenvalue weighted by atomic mass is 16.4. The van der Waals surface area contributed by atoms with Gasteiger partial charge in [0.2, 0.25) is 0 Å². The summed E-state index contributed by atoms with van der Waals surface area (Å²) in [5.41, 5.74) is 0.816. The Hall–Kier alpha value is -2.08. The Morgan fingerprint density at radius 1 is 1.47 bits per heavy atom. The predicted octanol–water partition coefficient (Wildman–Crippen LogP) is 0.851. The molecular formula is C13H15N3O3. The minimum atomic E-state index is -0.985. The van der Waals surface area contributed by atoms with Gasteiger partial charge in [-0.1, -0.05) is 6.07 Å². The number of aromatic nitrogens is 2. The summed E-state index contributed by atoms with van der Waals surface area (Å²) in [6.07, 6.45) is 2.57. The van der Waals surface area contributed by atoms with Gasteiger partial charge in [0.25, 0.3) is 0 Å². The molecule has 0 aromatic carbocycles. The summed E-state index contributed by atoms with van der Waals surface area (Å²) in [6.45, 7) is 1.52. The van der Waals surface area contributed by atoms with Crippen molar-refractivity contribution in [2.45, 2.75) is 6.42 Å². The summed E-state index contributed by atoms with van der Waals surface area (Å²) in [5.74, 6) is -0.290. The van der Waals surface area contributed by atoms with E-state index in [-0.39, 0.29) is 18.2 Å². The van der Waals surface area contributed by atoms with Crippen molar-refractivity contribution in [2.75, 3.05) is 24.6 Å². The number of nitrogens with zero attached hydrogens (tertiary/aromatic N) is 3. The first-order valence-electron chi connectivity index (χ1n) is 6.27. The van der Waals surface area contributed by atoms with E-state index in [0.717, 1.165) is 13.0 Å². The van der Waals surface area contributed by atoms with E-state index in [9.17, 15) is 15.0 Å². The molecule has 0 radical (unpaired) electrons. The van der Waals surface area contributed by atoms with Crippen LogP contribution in [0.5, 0.6) is 0 Å². The fourth-order valence-electron chi connectivity index (χ4n) is 2.58. The van der Waals surface area contributed by atoms with Crippen LogP contribution in [0.4, 0.5) is 5.82 Å². The van der Waals surface area contributed by atoms with Gasteiger partial charge in [0.1, 0.15) is 5.65 Å². The fraction of sp³-hybridized carbons (Fsp3) is 0.385. The molecule has 3 rings (SSSR count). The second kappa shape index (κ2) is 4.55. The average Bonchev–Trinajstić information content (AvgIpc) is 3.02. The zero-order valence-corrected chi connectivity index (χ0v) is 10.4. The Bertz CT molecular complexity index is 623. The van der Waals surface area contributed by atoms with E-state index in [1.807, 2.05) is 11.0 Å². The first-order valence-corrected chi connectivity index (χ1v) is 6.27. The Morgan fingerprint density at radius 3 is 3.00 bits per heavy atom. The van der Waals surface area contributed by atoms with Crippen molar-refractivity contribution in [1.82, 2.24) is 9.38 Å². The van der Waals surface area contributed by atoms with E-state index in [4.69, 9.17) is 0 Å². The molecule has 1 fully saturated rings. The standard InChI is InChI=1S/C13H15N3O3/c17-8-9-4-6-15(7-9)12-11(13(18)19)16-5-2-1-3-10(16)14-12/h1-3,5,9,17H,4,6-8H2,(H,18,19). The lowest BCUT2D eigenvalue weighted by Crippen LogP contribution is -2.23. The molecule has 100 valence electrons. The molecular weight excluding hydrogens is 246 g/mol. The number of hydrogen-bond donors (Lipinski definition) is 2. The molecule has 0 bridgehead atoms. The number of carboxylic acid groups (broad SMARTS) is 1. The third kappa shape index (κ3) is 1.94. The number of aliphatic hydroxyl groups excluding tert-OH is 1. The Labute approximate surface area is 109 Å². The van der Waals surface area contributed by atoms with Crippen LogP contribution in [0.3, 0.4) is 0 Å². The van der Waals surface area contributed by atoms with Crippen LogP contribution in [-0.4, -0.2) is 45.3 Å². The van der Waals surface area contributed by atoms with Crippen LogP contribution in [0.15, 0.2) is 24.4 Å². The highest BCUT2D eigenvalue weighted by Gasteiger charge is 2.28. The molecule has 1 aliphatic rings. The molecule has 2 aromatic rings. The molecule has 1 saturated heterocycles. The summed E-state index contributed by atoms with van der Waals surface area (Å²) < 4.78 is 1.59. The van der Waals surface area contributed by atoms with Crippen LogP contribution < -0.4 is 4.90 Å². The quantitative estimate of drug-likeness (QED) is 0.856. The van der Waals surface area contributed by atoms with Gasteiger partial charge in [-0.25, -0.2) is 9.78 Å². The topological polar surface area (TPSA) is 78.1 Å². The Morgan fingerprint density at radius 2 is 2.32 bits per heavy atom. The third-order valence-electron chi connectivity index (χ3n) is 3.56. The van der Waals surface area contributed by atoms with Gasteiger partial charge in [-0.15, -0.1) is 0 Å². The third-order valence-corrected chi connectivity index (χ3v) is 3.56. The molecule has 6 nitrogen and oxygen atoms in total. The maximum Gasteiger partial charge on any atom is 0.356 e. The molecule has 0 saturated carbocycles. The summed E-state index contributed by atoms with van der Waals surface area (Å²) >= 11 is 0. The molecule has 2 N–H and O–H groups in total. The summed E-state index contributed by atoms with van der Waals surface area (Å²) in [6, 6.07) is 5.40. The lowest BCUT2D eigenvalue weighted by molar-refractivity contribution is 0.0690. The monoisotopic (exact) mass is 261 g/mol. The van der Waals surface area contributed by atoms with Gasteiger partial charge in [0.15, 0.2) is 11.5 Å². The smallest absolute Gasteiger partial charge is 0.356 e. The normalized spacial score (nSPS) is 19.2. The van der Waals surface area contributed by atoms with Crippen molar-refractivity contribution in [3.05, 3.63) is 30.1 Å². The number of aromatic carboxylic acids is 1. The number of hydrogen-bond acceptors (Lipinski definition) is 4. The van der Waals surface area contributed by atoms with Gasteiger partial charge in [0.05, 0.1) is 0 Å². The number of rotatable bonds is 3. The molecule has 1 atom stereocenters. The minimum absolute atomic E-state index is 0.131. The van der Waals surface area contributed by atoms with Gasteiger partial charge >= 0.3 is 5.97 Å². The van der Waals surface area contributed by atoms with E-state index >= 15 is 0 Å². The van der Waals surface area contributed by atoms with Crippen LogP contribution >= 0.6 is 0 Å². The largest absolute Gasteiger partial charge is 0.476 e. The van der Waals surface area contributed by atoms with E-state index in [2.05, 4.69) is 4.98 Å². The summed E-state index contributed by atoms with van der Waals surface area (Å²) in [4.78, 5) is 17.8. The Kier molecular flexibility index (Phi) is 2.87. The summed E-state index contributed by atoms with van der Waals surface area (Å²) in [7, 11) is 0. The molecule has 0 spiro atoms. The van der Waals surface area contributed by atoms with Crippen molar-refractivity contribution in [3.63, 3.8) is 0 Å². The van der Waals surface area contributed by atoms with Crippen LogP contribution in [0.2, 0.25) is 0 Å². The van der Waals surface area contributed by atoms with E-state index < -0.39 is 5.97 Å². The number of pyridine rings is 1. The SMILES string of the molecule is O=C(O)c1c(N2CCC(CO)C2)nc2ccccn12. The second-order valence-corrected chi connectivity index (χ2v) is 4.80. The zero-order chi connectivity index (χ0) is 13.4. The van der Waals surface area contributed by atoms with Crippen molar-refractivity contribution in [1.29, 1.82) is 0 Å². The first-order chi connectivity index (χ1) is 9.20. The minimum Gasteiger partial charge on any atom is -0.476 e. The lowest BCUT2D eigenvalue weighted by atomic mass is 10.1.